The predicted molar refractivity (Wildman–Crippen MR) is 46.8 cm³/mol. The number of methoxy groups -OCH3 is 2. The van der Waals surface area contributed by atoms with Crippen molar-refractivity contribution in [2.75, 3.05) is 14.2 Å². The number of pyridine rings is 1. The number of aryl methyl sites for hydroxylation is 1. The van der Waals surface area contributed by atoms with Crippen molar-refractivity contribution in [2.45, 2.75) is 13.8 Å². The molecule has 0 amide bonds. The van der Waals surface area contributed by atoms with Crippen LogP contribution in [-0.2, 0) is 0 Å². The van der Waals surface area contributed by atoms with Crippen molar-refractivity contribution < 1.29 is 13.9 Å². The predicted octanol–water partition coefficient (Wildman–Crippen LogP) is 1.85. The molecule has 0 unspecified atom stereocenters. The summed E-state index contributed by atoms with van der Waals surface area (Å²) in [6, 6.07) is 0. The topological polar surface area (TPSA) is 31.4 Å². The Morgan fingerprint density at radius 3 is 2.23 bits per heavy atom. The molecule has 0 aromatic carbocycles. The Kier molecular flexibility index (Phi) is 2.70. The van der Waals surface area contributed by atoms with E-state index >= 15 is 0 Å². The Morgan fingerprint density at radius 1 is 1.15 bits per heavy atom. The summed E-state index contributed by atoms with van der Waals surface area (Å²) in [5.74, 6) is -0.377. The van der Waals surface area contributed by atoms with Crippen LogP contribution in [-0.4, -0.2) is 19.2 Å². The minimum atomic E-state index is -0.548. The van der Waals surface area contributed by atoms with Crippen LogP contribution in [0.1, 0.15) is 11.3 Å². The highest BCUT2D eigenvalue weighted by Crippen LogP contribution is 2.29. The molecular formula is C9H12FNO2. The number of hydrogen-bond acceptors (Lipinski definition) is 3. The number of halogens is 1. The van der Waals surface area contributed by atoms with Crippen LogP contribution in [0.15, 0.2) is 0 Å². The maximum atomic E-state index is 13.4. The van der Waals surface area contributed by atoms with Gasteiger partial charge >= 0.3 is 0 Å². The van der Waals surface area contributed by atoms with Crippen molar-refractivity contribution in [2.24, 2.45) is 0 Å². The normalized spacial score (nSPS) is 9.92. The van der Waals surface area contributed by atoms with Gasteiger partial charge in [0, 0.05) is 11.3 Å². The fourth-order valence-corrected chi connectivity index (χ4v) is 1.09. The Hall–Kier alpha value is -1.32. The summed E-state index contributed by atoms with van der Waals surface area (Å²) in [7, 11) is 2.80. The third-order valence-corrected chi connectivity index (χ3v) is 1.94. The van der Waals surface area contributed by atoms with Gasteiger partial charge in [0.25, 0.3) is 5.88 Å². The highest BCUT2D eigenvalue weighted by Gasteiger charge is 2.16. The third-order valence-electron chi connectivity index (χ3n) is 1.94. The fourth-order valence-electron chi connectivity index (χ4n) is 1.09. The largest absolute Gasteiger partial charge is 0.493 e. The van der Waals surface area contributed by atoms with E-state index in [9.17, 15) is 4.39 Å². The highest BCUT2D eigenvalue weighted by molar-refractivity contribution is 5.40. The summed E-state index contributed by atoms with van der Waals surface area (Å²) in [4.78, 5) is 3.92. The van der Waals surface area contributed by atoms with Gasteiger partial charge in [0.1, 0.15) is 0 Å². The van der Waals surface area contributed by atoms with E-state index in [1.807, 2.05) is 0 Å². The molecule has 0 aliphatic rings. The van der Waals surface area contributed by atoms with Crippen LogP contribution in [0.25, 0.3) is 0 Å². The standard InChI is InChI=1S/C9H12FNO2/c1-5-6(2)11-9(13-4)7(10)8(5)12-3/h1-4H3. The summed E-state index contributed by atoms with van der Waals surface area (Å²) in [6.45, 7) is 3.53. The zero-order valence-electron chi connectivity index (χ0n) is 8.14. The first-order valence-corrected chi connectivity index (χ1v) is 3.86. The molecule has 1 aromatic rings. The summed E-state index contributed by atoms with van der Waals surface area (Å²) < 4.78 is 23.1. The van der Waals surface area contributed by atoms with Gasteiger partial charge in [0.15, 0.2) is 5.75 Å². The van der Waals surface area contributed by atoms with E-state index in [1.165, 1.54) is 14.2 Å². The van der Waals surface area contributed by atoms with E-state index in [0.29, 0.717) is 11.3 Å². The minimum Gasteiger partial charge on any atom is -0.493 e. The van der Waals surface area contributed by atoms with Crippen LogP contribution in [0.5, 0.6) is 11.6 Å². The molecule has 0 fully saturated rings. The van der Waals surface area contributed by atoms with Gasteiger partial charge in [0.05, 0.1) is 14.2 Å². The molecule has 0 bridgehead atoms. The third kappa shape index (κ3) is 1.56. The Labute approximate surface area is 76.5 Å². The van der Waals surface area contributed by atoms with Gasteiger partial charge in [-0.05, 0) is 13.8 Å². The molecule has 0 saturated heterocycles. The van der Waals surface area contributed by atoms with Crippen LogP contribution >= 0.6 is 0 Å². The van der Waals surface area contributed by atoms with E-state index in [0.717, 1.165) is 0 Å². The molecule has 1 heterocycles. The molecule has 3 nitrogen and oxygen atoms in total. The average molecular weight is 185 g/mol. The van der Waals surface area contributed by atoms with Gasteiger partial charge < -0.3 is 9.47 Å². The molecular weight excluding hydrogens is 173 g/mol. The molecule has 0 saturated carbocycles. The lowest BCUT2D eigenvalue weighted by molar-refractivity contribution is 0.335. The van der Waals surface area contributed by atoms with E-state index < -0.39 is 5.82 Å². The van der Waals surface area contributed by atoms with Gasteiger partial charge in [-0.3, -0.25) is 0 Å². The van der Waals surface area contributed by atoms with Crippen LogP contribution in [0.2, 0.25) is 0 Å². The number of rotatable bonds is 2. The number of aromatic nitrogens is 1. The number of hydrogen-bond donors (Lipinski definition) is 0. The first-order valence-electron chi connectivity index (χ1n) is 3.86. The molecule has 1 rings (SSSR count). The maximum Gasteiger partial charge on any atom is 0.254 e. The number of ether oxygens (including phenoxy) is 2. The van der Waals surface area contributed by atoms with Gasteiger partial charge in [-0.1, -0.05) is 0 Å². The van der Waals surface area contributed by atoms with E-state index in [2.05, 4.69) is 4.98 Å². The molecule has 13 heavy (non-hydrogen) atoms. The summed E-state index contributed by atoms with van der Waals surface area (Å²) in [5, 5.41) is 0. The molecule has 4 heteroatoms. The zero-order chi connectivity index (χ0) is 10.0. The van der Waals surface area contributed by atoms with Gasteiger partial charge in [-0.2, -0.15) is 4.39 Å². The smallest absolute Gasteiger partial charge is 0.254 e. The van der Waals surface area contributed by atoms with Crippen molar-refractivity contribution in [1.29, 1.82) is 0 Å². The SMILES string of the molecule is COc1nc(C)c(C)c(OC)c1F. The van der Waals surface area contributed by atoms with Crippen LogP contribution in [0, 0.1) is 19.7 Å². The molecule has 1 aromatic heterocycles. The second kappa shape index (κ2) is 3.60. The Balaban J connectivity index is 3.39. The van der Waals surface area contributed by atoms with E-state index in [-0.39, 0.29) is 11.6 Å². The lowest BCUT2D eigenvalue weighted by Crippen LogP contribution is -2.01. The molecule has 72 valence electrons. The van der Waals surface area contributed by atoms with Gasteiger partial charge in [-0.15, -0.1) is 0 Å². The summed E-state index contributed by atoms with van der Waals surface area (Å²) >= 11 is 0. The van der Waals surface area contributed by atoms with Crippen LogP contribution in [0.3, 0.4) is 0 Å². The monoisotopic (exact) mass is 185 g/mol. The molecule has 0 atom stereocenters. The van der Waals surface area contributed by atoms with Crippen LogP contribution < -0.4 is 9.47 Å². The highest BCUT2D eigenvalue weighted by atomic mass is 19.1. The van der Waals surface area contributed by atoms with Crippen molar-refractivity contribution in [3.63, 3.8) is 0 Å². The molecule has 0 aliphatic heterocycles. The molecule has 0 N–H and O–H groups in total. The molecule has 0 aliphatic carbocycles. The lowest BCUT2D eigenvalue weighted by atomic mass is 10.2. The van der Waals surface area contributed by atoms with Crippen molar-refractivity contribution in [1.82, 2.24) is 4.98 Å². The second-order valence-corrected chi connectivity index (χ2v) is 2.68. The van der Waals surface area contributed by atoms with Gasteiger partial charge in [-0.25, -0.2) is 4.98 Å². The van der Waals surface area contributed by atoms with Gasteiger partial charge in [0.2, 0.25) is 5.82 Å². The number of nitrogens with zero attached hydrogens (tertiary/aromatic N) is 1. The average Bonchev–Trinajstić information content (AvgIpc) is 2.12. The minimum absolute atomic E-state index is 0.0278. The van der Waals surface area contributed by atoms with E-state index in [4.69, 9.17) is 9.47 Å². The quantitative estimate of drug-likeness (QED) is 0.704. The van der Waals surface area contributed by atoms with E-state index in [1.54, 1.807) is 13.8 Å². The van der Waals surface area contributed by atoms with Crippen LogP contribution in [0.4, 0.5) is 4.39 Å². The Morgan fingerprint density at radius 2 is 1.77 bits per heavy atom. The first kappa shape index (κ1) is 9.77. The van der Waals surface area contributed by atoms with Crippen molar-refractivity contribution >= 4 is 0 Å². The Bertz CT molecular complexity index is 326. The molecule has 0 spiro atoms. The van der Waals surface area contributed by atoms with Crippen molar-refractivity contribution in [3.8, 4) is 11.6 Å². The summed E-state index contributed by atoms with van der Waals surface area (Å²) in [5.41, 5.74) is 1.40. The zero-order valence-corrected chi connectivity index (χ0v) is 8.14. The lowest BCUT2D eigenvalue weighted by Gasteiger charge is -2.10. The summed E-state index contributed by atoms with van der Waals surface area (Å²) in [6.07, 6.45) is 0. The molecule has 0 radical (unpaired) electrons. The first-order chi connectivity index (χ1) is 6.11. The van der Waals surface area contributed by atoms with Crippen molar-refractivity contribution in [3.05, 3.63) is 17.1 Å². The maximum absolute atomic E-state index is 13.4. The fraction of sp³-hybridized carbons (Fsp3) is 0.444. The second-order valence-electron chi connectivity index (χ2n) is 2.68.